The lowest BCUT2D eigenvalue weighted by atomic mass is 10.0. The zero-order valence-electron chi connectivity index (χ0n) is 11.0. The van der Waals surface area contributed by atoms with Gasteiger partial charge in [-0.3, -0.25) is 9.97 Å². The van der Waals surface area contributed by atoms with Crippen molar-refractivity contribution in [3.8, 4) is 0 Å². The first-order valence-electron chi connectivity index (χ1n) is 6.46. The molecule has 0 spiro atoms. The Labute approximate surface area is 132 Å². The average Bonchev–Trinajstić information content (AvgIpc) is 2.50. The summed E-state index contributed by atoms with van der Waals surface area (Å²) in [6.45, 7) is 0. The third-order valence-electron chi connectivity index (χ3n) is 3.30. The van der Waals surface area contributed by atoms with Gasteiger partial charge in [-0.1, -0.05) is 29.3 Å². The summed E-state index contributed by atoms with van der Waals surface area (Å²) in [4.78, 5) is 8.45. The topological polar surface area (TPSA) is 46.0 Å². The third kappa shape index (κ3) is 3.16. The van der Waals surface area contributed by atoms with E-state index in [1.807, 2.05) is 18.2 Å². The van der Waals surface area contributed by atoms with E-state index in [4.69, 9.17) is 23.2 Å². The van der Waals surface area contributed by atoms with E-state index in [0.717, 1.165) is 22.2 Å². The molecule has 1 N–H and O–H groups in total. The maximum Gasteiger partial charge on any atom is 0.0890 e. The van der Waals surface area contributed by atoms with Crippen molar-refractivity contribution in [2.24, 2.45) is 0 Å². The number of aromatic nitrogens is 2. The molecule has 1 heterocycles. The molecular weight excluding hydrogens is 307 g/mol. The van der Waals surface area contributed by atoms with Crippen LogP contribution in [-0.2, 0) is 6.42 Å². The Bertz CT molecular complexity index is 792. The first kappa shape index (κ1) is 14.3. The Hall–Kier alpha value is -1.68. The third-order valence-corrected chi connectivity index (χ3v) is 3.90. The molecule has 0 aliphatic heterocycles. The van der Waals surface area contributed by atoms with Crippen molar-refractivity contribution in [3.05, 3.63) is 70.0 Å². The van der Waals surface area contributed by atoms with Crippen molar-refractivity contribution in [2.75, 3.05) is 0 Å². The molecule has 1 aromatic heterocycles. The van der Waals surface area contributed by atoms with Gasteiger partial charge in [0.25, 0.3) is 0 Å². The van der Waals surface area contributed by atoms with Crippen LogP contribution in [0, 0.1) is 0 Å². The Morgan fingerprint density at radius 2 is 1.71 bits per heavy atom. The number of benzene rings is 2. The molecule has 5 heteroatoms. The summed E-state index contributed by atoms with van der Waals surface area (Å²) in [6, 6.07) is 10.8. The first-order chi connectivity index (χ1) is 10.1. The lowest BCUT2D eigenvalue weighted by Gasteiger charge is -2.13. The fraction of sp³-hybridized carbons (Fsp3) is 0.125. The van der Waals surface area contributed by atoms with Crippen LogP contribution in [0.3, 0.4) is 0 Å². The van der Waals surface area contributed by atoms with Gasteiger partial charge in [0, 0.05) is 28.9 Å². The zero-order valence-corrected chi connectivity index (χ0v) is 12.5. The molecule has 0 fully saturated rings. The molecule has 2 aromatic carbocycles. The van der Waals surface area contributed by atoms with Crippen LogP contribution in [0.25, 0.3) is 11.0 Å². The van der Waals surface area contributed by atoms with Gasteiger partial charge in [0.05, 0.1) is 17.1 Å². The smallest absolute Gasteiger partial charge is 0.0890 e. The number of halogens is 2. The Balaban J connectivity index is 1.89. The molecule has 3 aromatic rings. The molecular formula is C16H12Cl2N2O. The van der Waals surface area contributed by atoms with E-state index < -0.39 is 6.10 Å². The highest BCUT2D eigenvalue weighted by Crippen LogP contribution is 2.27. The van der Waals surface area contributed by atoms with Crippen LogP contribution in [0.4, 0.5) is 0 Å². The van der Waals surface area contributed by atoms with Crippen LogP contribution < -0.4 is 0 Å². The number of hydrogen-bond acceptors (Lipinski definition) is 3. The highest BCUT2D eigenvalue weighted by Gasteiger charge is 2.12. The van der Waals surface area contributed by atoms with Gasteiger partial charge in [0.15, 0.2) is 0 Å². The quantitative estimate of drug-likeness (QED) is 0.786. The molecule has 21 heavy (non-hydrogen) atoms. The molecule has 0 saturated carbocycles. The number of rotatable bonds is 3. The second kappa shape index (κ2) is 5.98. The van der Waals surface area contributed by atoms with Crippen molar-refractivity contribution in [3.63, 3.8) is 0 Å². The normalized spacial score (nSPS) is 12.5. The summed E-state index contributed by atoms with van der Waals surface area (Å²) in [7, 11) is 0. The Morgan fingerprint density at radius 1 is 0.952 bits per heavy atom. The number of aliphatic hydroxyl groups excluding tert-OH is 1. The van der Waals surface area contributed by atoms with Crippen LogP contribution in [-0.4, -0.2) is 15.1 Å². The zero-order chi connectivity index (χ0) is 14.8. The number of aliphatic hydroxyl groups is 1. The predicted molar refractivity (Wildman–Crippen MR) is 84.7 cm³/mol. The minimum Gasteiger partial charge on any atom is -0.388 e. The van der Waals surface area contributed by atoms with E-state index in [-0.39, 0.29) is 0 Å². The maximum atomic E-state index is 10.4. The van der Waals surface area contributed by atoms with Crippen LogP contribution in [0.1, 0.15) is 17.2 Å². The van der Waals surface area contributed by atoms with Crippen molar-refractivity contribution < 1.29 is 5.11 Å². The molecule has 0 amide bonds. The summed E-state index contributed by atoms with van der Waals surface area (Å²) >= 11 is 12.1. The molecule has 0 saturated heterocycles. The lowest BCUT2D eigenvalue weighted by Crippen LogP contribution is -2.02. The van der Waals surface area contributed by atoms with Crippen molar-refractivity contribution in [1.82, 2.24) is 9.97 Å². The number of nitrogens with zero attached hydrogens (tertiary/aromatic N) is 2. The highest BCUT2D eigenvalue weighted by atomic mass is 35.5. The molecule has 106 valence electrons. The van der Waals surface area contributed by atoms with Crippen LogP contribution in [0.15, 0.2) is 48.8 Å². The van der Waals surface area contributed by atoms with E-state index in [1.54, 1.807) is 30.6 Å². The molecule has 0 aliphatic carbocycles. The fourth-order valence-corrected chi connectivity index (χ4v) is 2.60. The SMILES string of the molecule is OC(Cc1cc(Cl)ccc1Cl)c1ccc2nccnc2c1. The maximum absolute atomic E-state index is 10.4. The molecule has 3 nitrogen and oxygen atoms in total. The minimum atomic E-state index is -0.674. The summed E-state index contributed by atoms with van der Waals surface area (Å²) in [5.41, 5.74) is 3.15. The van der Waals surface area contributed by atoms with Gasteiger partial charge < -0.3 is 5.11 Å². The van der Waals surface area contributed by atoms with E-state index in [2.05, 4.69) is 9.97 Å². The molecule has 3 rings (SSSR count). The van der Waals surface area contributed by atoms with Crippen LogP contribution in [0.2, 0.25) is 10.0 Å². The van der Waals surface area contributed by atoms with E-state index in [9.17, 15) is 5.11 Å². The second-order valence-corrected chi connectivity index (χ2v) is 5.60. The monoisotopic (exact) mass is 318 g/mol. The number of fused-ring (bicyclic) bond motifs is 1. The van der Waals surface area contributed by atoms with Crippen LogP contribution in [0.5, 0.6) is 0 Å². The Kier molecular flexibility index (Phi) is 4.06. The summed E-state index contributed by atoms with van der Waals surface area (Å²) in [6.07, 6.45) is 2.99. The van der Waals surface area contributed by atoms with E-state index >= 15 is 0 Å². The summed E-state index contributed by atoms with van der Waals surface area (Å²) < 4.78 is 0. The fourth-order valence-electron chi connectivity index (χ4n) is 2.21. The molecule has 0 radical (unpaired) electrons. The van der Waals surface area contributed by atoms with Gasteiger partial charge in [-0.25, -0.2) is 0 Å². The van der Waals surface area contributed by atoms with Gasteiger partial charge in [0.1, 0.15) is 0 Å². The van der Waals surface area contributed by atoms with E-state index in [0.29, 0.717) is 16.5 Å². The second-order valence-electron chi connectivity index (χ2n) is 4.76. The molecule has 1 unspecified atom stereocenters. The van der Waals surface area contributed by atoms with Gasteiger partial charge in [-0.15, -0.1) is 0 Å². The molecule has 0 bridgehead atoms. The average molecular weight is 319 g/mol. The number of hydrogen-bond donors (Lipinski definition) is 1. The van der Waals surface area contributed by atoms with Crippen LogP contribution >= 0.6 is 23.2 Å². The van der Waals surface area contributed by atoms with Gasteiger partial charge >= 0.3 is 0 Å². The lowest BCUT2D eigenvalue weighted by molar-refractivity contribution is 0.178. The minimum absolute atomic E-state index is 0.394. The molecule has 0 aliphatic rings. The summed E-state index contributed by atoms with van der Waals surface area (Å²) in [5, 5.41) is 11.6. The van der Waals surface area contributed by atoms with Crippen molar-refractivity contribution in [2.45, 2.75) is 12.5 Å². The highest BCUT2D eigenvalue weighted by molar-refractivity contribution is 6.33. The van der Waals surface area contributed by atoms with Gasteiger partial charge in [-0.2, -0.15) is 0 Å². The van der Waals surface area contributed by atoms with Crippen molar-refractivity contribution >= 4 is 34.2 Å². The summed E-state index contributed by atoms with van der Waals surface area (Å²) in [5.74, 6) is 0. The van der Waals surface area contributed by atoms with E-state index in [1.165, 1.54) is 0 Å². The molecule has 1 atom stereocenters. The van der Waals surface area contributed by atoms with Gasteiger partial charge in [0.2, 0.25) is 0 Å². The van der Waals surface area contributed by atoms with Crippen molar-refractivity contribution in [1.29, 1.82) is 0 Å². The standard InChI is InChI=1S/C16H12Cl2N2O/c17-12-2-3-13(18)11(7-12)9-16(21)10-1-4-14-15(8-10)20-6-5-19-14/h1-8,16,21H,9H2. The first-order valence-corrected chi connectivity index (χ1v) is 7.22. The van der Waals surface area contributed by atoms with Gasteiger partial charge in [-0.05, 0) is 41.5 Å². The largest absolute Gasteiger partial charge is 0.388 e. The predicted octanol–water partition coefficient (Wildman–Crippen LogP) is 4.21. The Morgan fingerprint density at radius 3 is 2.52 bits per heavy atom.